The molecule has 0 aliphatic rings. The highest BCUT2D eigenvalue weighted by Crippen LogP contribution is 2.21. The van der Waals surface area contributed by atoms with Gasteiger partial charge in [0, 0.05) is 14.2 Å². The van der Waals surface area contributed by atoms with Gasteiger partial charge in [-0.3, -0.25) is 0 Å². The average Bonchev–Trinajstić information content (AvgIpc) is 2.12. The van der Waals surface area contributed by atoms with Crippen molar-refractivity contribution in [3.05, 3.63) is 11.9 Å². The van der Waals surface area contributed by atoms with Crippen LogP contribution >= 0.6 is 0 Å². The molecule has 0 rings (SSSR count). The van der Waals surface area contributed by atoms with Gasteiger partial charge in [0.2, 0.25) is 0 Å². The number of allylic oxidation sites excluding steroid dienone is 1. The van der Waals surface area contributed by atoms with Gasteiger partial charge < -0.3 is 15.2 Å². The highest BCUT2D eigenvalue weighted by Gasteiger charge is 2.34. The Bertz CT molecular complexity index is 180. The van der Waals surface area contributed by atoms with E-state index in [1.54, 1.807) is 13.8 Å². The van der Waals surface area contributed by atoms with E-state index in [-0.39, 0.29) is 6.61 Å². The summed E-state index contributed by atoms with van der Waals surface area (Å²) in [7, 11) is 3.01. The van der Waals surface area contributed by atoms with Crippen LogP contribution in [0.5, 0.6) is 0 Å². The maximum Gasteiger partial charge on any atom is 0.118 e. The zero-order valence-electron chi connectivity index (χ0n) is 8.63. The van der Waals surface area contributed by atoms with E-state index in [2.05, 4.69) is 0 Å². The predicted octanol–water partition coefficient (Wildman–Crippen LogP) is 1.24. The van der Waals surface area contributed by atoms with Crippen molar-refractivity contribution < 1.29 is 13.9 Å². The Morgan fingerprint density at radius 3 is 2.46 bits per heavy atom. The molecule has 4 heteroatoms. The van der Waals surface area contributed by atoms with Crippen LogP contribution in [0.1, 0.15) is 13.8 Å². The Hall–Kier alpha value is -0.450. The van der Waals surface area contributed by atoms with Crippen molar-refractivity contribution in [1.29, 1.82) is 0 Å². The van der Waals surface area contributed by atoms with Gasteiger partial charge in [0.15, 0.2) is 0 Å². The Morgan fingerprint density at radius 2 is 2.15 bits per heavy atom. The van der Waals surface area contributed by atoms with Crippen molar-refractivity contribution in [2.45, 2.75) is 25.5 Å². The van der Waals surface area contributed by atoms with Gasteiger partial charge in [-0.25, -0.2) is 4.39 Å². The Kier molecular flexibility index (Phi) is 5.13. The van der Waals surface area contributed by atoms with Crippen molar-refractivity contribution >= 4 is 0 Å². The van der Waals surface area contributed by atoms with Crippen LogP contribution in [0.3, 0.4) is 0 Å². The topological polar surface area (TPSA) is 44.5 Å². The minimum atomic E-state index is -1.13. The van der Waals surface area contributed by atoms with Gasteiger partial charge in [0.1, 0.15) is 11.9 Å². The first-order chi connectivity index (χ1) is 6.00. The second-order valence-electron chi connectivity index (χ2n) is 3.10. The maximum atomic E-state index is 13.3. The molecule has 0 heterocycles. The summed E-state index contributed by atoms with van der Waals surface area (Å²) in [5.74, 6) is -0.392. The van der Waals surface area contributed by atoms with Crippen molar-refractivity contribution in [1.82, 2.24) is 0 Å². The lowest BCUT2D eigenvalue weighted by molar-refractivity contribution is -0.0102. The Labute approximate surface area is 78.7 Å². The zero-order chi connectivity index (χ0) is 10.5. The number of ether oxygens (including phenoxy) is 2. The molecule has 0 saturated heterocycles. The van der Waals surface area contributed by atoms with Gasteiger partial charge in [-0.2, -0.15) is 0 Å². The van der Waals surface area contributed by atoms with Gasteiger partial charge in [-0.1, -0.05) is 6.08 Å². The van der Waals surface area contributed by atoms with Gasteiger partial charge in [-0.15, -0.1) is 0 Å². The fourth-order valence-electron chi connectivity index (χ4n) is 1.10. The first-order valence-corrected chi connectivity index (χ1v) is 4.13. The average molecular weight is 191 g/mol. The fraction of sp³-hybridized carbons (Fsp3) is 0.778. The molecule has 0 amide bonds. The molecule has 0 spiro atoms. The van der Waals surface area contributed by atoms with Gasteiger partial charge in [0.25, 0.3) is 0 Å². The van der Waals surface area contributed by atoms with E-state index in [9.17, 15) is 4.39 Å². The number of hydrogen-bond acceptors (Lipinski definition) is 3. The van der Waals surface area contributed by atoms with E-state index in [1.165, 1.54) is 20.3 Å². The summed E-state index contributed by atoms with van der Waals surface area (Å²) in [6.07, 6.45) is 0.857. The number of rotatable bonds is 5. The number of nitrogens with two attached hydrogens (primary N) is 1. The molecule has 0 aliphatic carbocycles. The second-order valence-corrected chi connectivity index (χ2v) is 3.10. The third-order valence-electron chi connectivity index (χ3n) is 2.04. The molecule has 0 aromatic rings. The number of methoxy groups -OCH3 is 2. The van der Waals surface area contributed by atoms with Crippen LogP contribution in [0.25, 0.3) is 0 Å². The molecular formula is C9H18FNO2. The van der Waals surface area contributed by atoms with Crippen LogP contribution in [-0.2, 0) is 9.47 Å². The van der Waals surface area contributed by atoms with E-state index in [0.717, 1.165) is 0 Å². The largest absolute Gasteiger partial charge is 0.382 e. The molecule has 2 N–H and O–H groups in total. The monoisotopic (exact) mass is 191 g/mol. The summed E-state index contributed by atoms with van der Waals surface area (Å²) in [4.78, 5) is 0. The summed E-state index contributed by atoms with van der Waals surface area (Å²) < 4.78 is 23.2. The number of halogens is 1. The predicted molar refractivity (Wildman–Crippen MR) is 50.1 cm³/mol. The molecule has 2 atom stereocenters. The van der Waals surface area contributed by atoms with Crippen LogP contribution in [0.15, 0.2) is 11.9 Å². The Balaban J connectivity index is 4.55. The summed E-state index contributed by atoms with van der Waals surface area (Å²) >= 11 is 0. The van der Waals surface area contributed by atoms with E-state index in [0.29, 0.717) is 0 Å². The summed E-state index contributed by atoms with van der Waals surface area (Å²) in [6, 6.07) is 0. The van der Waals surface area contributed by atoms with E-state index in [4.69, 9.17) is 15.2 Å². The van der Waals surface area contributed by atoms with E-state index >= 15 is 0 Å². The highest BCUT2D eigenvalue weighted by molar-refractivity contribution is 5.13. The standard InChI is InChI=1S/C9H18FNO2/c1-5-7(10)9(2,11)8(13-4)6-12-3/h5,8H,6,11H2,1-4H3/b7-5+/t8?,9-/m1/s1. The summed E-state index contributed by atoms with van der Waals surface area (Å²) in [5, 5.41) is 0. The van der Waals surface area contributed by atoms with E-state index < -0.39 is 17.5 Å². The Morgan fingerprint density at radius 1 is 1.62 bits per heavy atom. The lowest BCUT2D eigenvalue weighted by Gasteiger charge is -2.31. The third kappa shape index (κ3) is 3.06. The lowest BCUT2D eigenvalue weighted by Crippen LogP contribution is -2.51. The van der Waals surface area contributed by atoms with Crippen molar-refractivity contribution in [2.24, 2.45) is 5.73 Å². The molecule has 0 fully saturated rings. The summed E-state index contributed by atoms with van der Waals surface area (Å²) in [5.41, 5.74) is 4.64. The molecule has 0 aromatic heterocycles. The minimum Gasteiger partial charge on any atom is -0.382 e. The van der Waals surface area contributed by atoms with Crippen LogP contribution in [0.4, 0.5) is 4.39 Å². The van der Waals surface area contributed by atoms with Crippen molar-refractivity contribution in [3.63, 3.8) is 0 Å². The molecule has 3 nitrogen and oxygen atoms in total. The molecule has 0 bridgehead atoms. The highest BCUT2D eigenvalue weighted by atomic mass is 19.1. The molecule has 13 heavy (non-hydrogen) atoms. The molecule has 1 unspecified atom stereocenters. The first kappa shape index (κ1) is 12.6. The molecule has 0 aromatic carbocycles. The second kappa shape index (κ2) is 5.32. The van der Waals surface area contributed by atoms with Crippen LogP contribution in [0, 0.1) is 0 Å². The molecular weight excluding hydrogens is 173 g/mol. The van der Waals surface area contributed by atoms with Crippen molar-refractivity contribution in [2.75, 3.05) is 20.8 Å². The van der Waals surface area contributed by atoms with Crippen LogP contribution in [-0.4, -0.2) is 32.5 Å². The van der Waals surface area contributed by atoms with E-state index in [1.807, 2.05) is 0 Å². The minimum absolute atomic E-state index is 0.269. The summed E-state index contributed by atoms with van der Waals surface area (Å²) in [6.45, 7) is 3.44. The normalized spacial score (nSPS) is 19.7. The van der Waals surface area contributed by atoms with Crippen LogP contribution < -0.4 is 5.73 Å². The quantitative estimate of drug-likeness (QED) is 0.711. The molecule has 0 radical (unpaired) electrons. The van der Waals surface area contributed by atoms with Crippen LogP contribution in [0.2, 0.25) is 0 Å². The van der Waals surface area contributed by atoms with Gasteiger partial charge in [0.05, 0.1) is 12.1 Å². The molecule has 0 saturated carbocycles. The fourth-order valence-corrected chi connectivity index (χ4v) is 1.10. The van der Waals surface area contributed by atoms with Gasteiger partial charge >= 0.3 is 0 Å². The zero-order valence-corrected chi connectivity index (χ0v) is 8.63. The lowest BCUT2D eigenvalue weighted by atomic mass is 9.94. The molecule has 78 valence electrons. The first-order valence-electron chi connectivity index (χ1n) is 4.13. The SMILES string of the molecule is C/C=C(/F)[C@@](C)(N)C(COC)OC. The molecule has 0 aliphatic heterocycles. The maximum absolute atomic E-state index is 13.3. The smallest absolute Gasteiger partial charge is 0.118 e. The third-order valence-corrected chi connectivity index (χ3v) is 2.04. The van der Waals surface area contributed by atoms with Crippen molar-refractivity contribution in [3.8, 4) is 0 Å². The van der Waals surface area contributed by atoms with Gasteiger partial charge in [-0.05, 0) is 13.8 Å². The number of hydrogen-bond donors (Lipinski definition) is 1.